The van der Waals surface area contributed by atoms with Gasteiger partial charge in [-0.05, 0) is 79.1 Å². The van der Waals surface area contributed by atoms with Gasteiger partial charge in [-0.15, -0.1) is 0 Å². The molecule has 1 fully saturated rings. The number of piperidine rings is 1. The fraction of sp³-hybridized carbons (Fsp3) is 0.179. The smallest absolute Gasteiger partial charge is 0.262 e. The topological polar surface area (TPSA) is 60.5 Å². The van der Waals surface area contributed by atoms with Gasteiger partial charge in [0.1, 0.15) is 21.7 Å². The summed E-state index contributed by atoms with van der Waals surface area (Å²) in [5.74, 6) is 2.74. The number of oxazole rings is 1. The second kappa shape index (κ2) is 11.8. The molecule has 2 aromatic heterocycles. The van der Waals surface area contributed by atoms with Crippen LogP contribution in [0.2, 0.25) is 0 Å². The molecule has 6 aromatic rings. The van der Waals surface area contributed by atoms with Crippen molar-refractivity contribution in [2.75, 3.05) is 25.1 Å². The molecule has 4 heterocycles. The Balaban J connectivity index is 1.39. The maximum Gasteiger partial charge on any atom is 0.262 e. The quantitative estimate of drug-likeness (QED) is 0.212. The zero-order valence-electron chi connectivity index (χ0n) is 25.7. The number of anilines is 1. The Hall–Kier alpha value is -4.93. The van der Waals surface area contributed by atoms with E-state index in [1.165, 1.54) is 15.9 Å². The van der Waals surface area contributed by atoms with E-state index >= 15 is 0 Å². The number of rotatable bonds is 7. The van der Waals surface area contributed by atoms with Crippen LogP contribution in [0.1, 0.15) is 18.0 Å². The predicted molar refractivity (Wildman–Crippen MR) is 187 cm³/mol. The van der Waals surface area contributed by atoms with Crippen molar-refractivity contribution in [2.45, 2.75) is 18.9 Å². The molecule has 0 saturated carbocycles. The van der Waals surface area contributed by atoms with Gasteiger partial charge >= 0.3 is 0 Å². The van der Waals surface area contributed by atoms with Crippen molar-refractivity contribution in [1.29, 1.82) is 0 Å². The van der Waals surface area contributed by atoms with E-state index in [9.17, 15) is 4.79 Å². The molecule has 0 aliphatic carbocycles. The van der Waals surface area contributed by atoms with E-state index < -0.39 is 7.26 Å². The first-order valence-corrected chi connectivity index (χ1v) is 17.6. The highest BCUT2D eigenvalue weighted by Gasteiger charge is 2.54. The van der Waals surface area contributed by atoms with Crippen molar-refractivity contribution in [3.8, 4) is 17.2 Å². The number of methoxy groups -OCH3 is 1. The van der Waals surface area contributed by atoms with Crippen molar-refractivity contribution in [1.82, 2.24) is 9.55 Å². The molecular formula is C39H35N3O3P+. The summed E-state index contributed by atoms with van der Waals surface area (Å²) in [5.41, 5.74) is 3.06. The maximum absolute atomic E-state index is 12.8. The number of nitrogens with zero attached hydrogens (tertiary/aromatic N) is 3. The minimum absolute atomic E-state index is 0.0879. The lowest BCUT2D eigenvalue weighted by atomic mass is 9.83. The Morgan fingerprint density at radius 3 is 1.91 bits per heavy atom. The summed E-state index contributed by atoms with van der Waals surface area (Å²) < 4.78 is 14.4. The van der Waals surface area contributed by atoms with Crippen LogP contribution < -0.4 is 36.5 Å². The zero-order chi connectivity index (χ0) is 31.1. The Morgan fingerprint density at radius 2 is 1.33 bits per heavy atom. The lowest BCUT2D eigenvalue weighted by molar-refractivity contribution is 0.275. The largest absolute Gasteiger partial charge is 0.497 e. The van der Waals surface area contributed by atoms with Gasteiger partial charge in [0.25, 0.3) is 16.9 Å². The van der Waals surface area contributed by atoms with E-state index in [1.54, 1.807) is 13.2 Å². The highest BCUT2D eigenvalue weighted by atomic mass is 31.2. The van der Waals surface area contributed by atoms with Gasteiger partial charge in [0.15, 0.2) is 7.26 Å². The molecule has 46 heavy (non-hydrogen) atoms. The third kappa shape index (κ3) is 4.76. The van der Waals surface area contributed by atoms with Gasteiger partial charge in [0, 0.05) is 42.9 Å². The molecule has 0 radical (unpaired) electrons. The summed E-state index contributed by atoms with van der Waals surface area (Å²) in [5, 5.41) is 3.66. The average molecular weight is 625 g/mol. The summed E-state index contributed by atoms with van der Waals surface area (Å²) in [4.78, 5) is 20.8. The van der Waals surface area contributed by atoms with Gasteiger partial charge in [-0.3, -0.25) is 4.79 Å². The van der Waals surface area contributed by atoms with E-state index in [0.29, 0.717) is 18.4 Å². The molecule has 2 atom stereocenters. The number of hydrogen-bond acceptors (Lipinski definition) is 5. The van der Waals surface area contributed by atoms with Gasteiger partial charge in [0.2, 0.25) is 5.89 Å². The molecule has 8 rings (SSSR count). The third-order valence-corrected chi connectivity index (χ3v) is 13.6. The first kappa shape index (κ1) is 28.5. The Bertz CT molecular complexity index is 1930. The predicted octanol–water partition coefficient (Wildman–Crippen LogP) is 5.76. The first-order chi connectivity index (χ1) is 22.6. The van der Waals surface area contributed by atoms with Crippen LogP contribution >= 0.6 is 7.26 Å². The number of hydrogen-bond donors (Lipinski definition) is 0. The summed E-state index contributed by atoms with van der Waals surface area (Å²) in [7, 11) is -0.880. The highest BCUT2D eigenvalue weighted by molar-refractivity contribution is 8.01. The van der Waals surface area contributed by atoms with Crippen LogP contribution in [0.25, 0.3) is 11.5 Å². The molecule has 0 amide bonds. The van der Waals surface area contributed by atoms with Crippen molar-refractivity contribution in [3.63, 3.8) is 0 Å². The van der Waals surface area contributed by atoms with Crippen LogP contribution in [0.3, 0.4) is 0 Å². The number of fused-ring (bicyclic) bond motifs is 4. The fourth-order valence-electron chi connectivity index (χ4n) is 7.42. The molecule has 6 nitrogen and oxygen atoms in total. The monoisotopic (exact) mass is 624 g/mol. The van der Waals surface area contributed by atoms with E-state index in [2.05, 4.69) is 102 Å². The van der Waals surface area contributed by atoms with E-state index in [4.69, 9.17) is 14.1 Å². The van der Waals surface area contributed by atoms with Crippen LogP contribution in [0.15, 0.2) is 143 Å². The number of benzene rings is 4. The van der Waals surface area contributed by atoms with Gasteiger partial charge in [-0.2, -0.15) is 4.98 Å². The number of ether oxygens (including phenoxy) is 1. The molecule has 7 heteroatoms. The van der Waals surface area contributed by atoms with Gasteiger partial charge < -0.3 is 18.6 Å². The molecule has 4 aromatic carbocycles. The van der Waals surface area contributed by atoms with E-state index in [-0.39, 0.29) is 11.5 Å². The molecule has 2 bridgehead atoms. The van der Waals surface area contributed by atoms with Crippen LogP contribution in [0.5, 0.6) is 5.75 Å². The van der Waals surface area contributed by atoms with E-state index in [0.717, 1.165) is 47.8 Å². The molecule has 2 aliphatic rings. The summed E-state index contributed by atoms with van der Waals surface area (Å²) in [6, 6.07) is 46.1. The van der Waals surface area contributed by atoms with Crippen molar-refractivity contribution < 1.29 is 9.15 Å². The van der Waals surface area contributed by atoms with Crippen molar-refractivity contribution in [3.05, 3.63) is 150 Å². The van der Waals surface area contributed by atoms with Crippen LogP contribution in [-0.2, 0) is 6.54 Å². The van der Waals surface area contributed by atoms with Gasteiger partial charge in [-0.1, -0.05) is 60.7 Å². The standard InChI is InChI=1S/C39H35N3O3P/c1-44-31-22-20-29(21-23-31)37-40-38(39(45-37)41-25-28-24-30(27-41)35-18-11-19-36(43)42(35)26-28)46(32-12-5-2-6-13-32,33-14-7-3-8-15-33)34-16-9-4-10-17-34/h2-23,28,30H,24-27H2,1H3/q+1/t28-,30?/m0/s1. The van der Waals surface area contributed by atoms with Gasteiger partial charge in [-0.25, -0.2) is 0 Å². The molecule has 1 unspecified atom stereocenters. The number of pyridine rings is 1. The normalized spacial score (nSPS) is 17.4. The third-order valence-electron chi connectivity index (χ3n) is 9.44. The molecule has 228 valence electrons. The molecule has 0 spiro atoms. The summed E-state index contributed by atoms with van der Waals surface area (Å²) in [6.45, 7) is 2.26. The minimum atomic E-state index is -2.56. The minimum Gasteiger partial charge on any atom is -0.497 e. The second-order valence-corrected chi connectivity index (χ2v) is 15.5. The maximum atomic E-state index is 12.8. The lowest BCUT2D eigenvalue weighted by Gasteiger charge is -2.42. The SMILES string of the molecule is COc1ccc(-c2nc([P+](c3ccccc3)(c3ccccc3)c3ccccc3)c(N3CC4C[C@@H](C3)Cn3c4cccc3=O)o2)cc1. The summed E-state index contributed by atoms with van der Waals surface area (Å²) in [6.07, 6.45) is 1.06. The molecule has 2 aliphatic heterocycles. The number of aromatic nitrogens is 2. The Kier molecular flexibility index (Phi) is 7.31. The van der Waals surface area contributed by atoms with Crippen LogP contribution in [-0.4, -0.2) is 29.8 Å². The zero-order valence-corrected chi connectivity index (χ0v) is 26.6. The summed E-state index contributed by atoms with van der Waals surface area (Å²) >= 11 is 0. The molecular weight excluding hydrogens is 589 g/mol. The molecule has 0 N–H and O–H groups in total. The first-order valence-electron chi connectivity index (χ1n) is 15.8. The van der Waals surface area contributed by atoms with Crippen molar-refractivity contribution in [2.24, 2.45) is 5.92 Å². The Morgan fingerprint density at radius 1 is 0.717 bits per heavy atom. The van der Waals surface area contributed by atoms with Crippen molar-refractivity contribution >= 4 is 34.5 Å². The highest BCUT2D eigenvalue weighted by Crippen LogP contribution is 2.56. The fourth-order valence-corrected chi connectivity index (χ4v) is 11.6. The van der Waals surface area contributed by atoms with Crippen LogP contribution in [0, 0.1) is 5.92 Å². The van der Waals surface area contributed by atoms with E-state index in [1.807, 2.05) is 34.9 Å². The van der Waals surface area contributed by atoms with Crippen LogP contribution in [0.4, 0.5) is 5.88 Å². The Labute approximate surface area is 269 Å². The molecule has 1 saturated heterocycles. The lowest BCUT2D eigenvalue weighted by Crippen LogP contribution is -2.49. The van der Waals surface area contributed by atoms with Gasteiger partial charge in [0.05, 0.1) is 7.11 Å². The average Bonchev–Trinajstić information content (AvgIpc) is 3.56. The second-order valence-electron chi connectivity index (χ2n) is 12.2.